The quantitative estimate of drug-likeness (QED) is 0.123. The summed E-state index contributed by atoms with van der Waals surface area (Å²) in [6.45, 7) is 5.32. The minimum absolute atomic E-state index is 0.117. The fraction of sp³-hybridized carbons (Fsp3) is 0.600. The van der Waals surface area contributed by atoms with Crippen molar-refractivity contribution in [3.05, 3.63) is 59.9 Å². The number of rotatable bonds is 25. The van der Waals surface area contributed by atoms with Gasteiger partial charge in [0.25, 0.3) is 5.91 Å². The molecule has 0 saturated carbocycles. The van der Waals surface area contributed by atoms with E-state index in [1.807, 2.05) is 0 Å². The first kappa shape index (κ1) is 39.4. The van der Waals surface area contributed by atoms with E-state index in [1.54, 1.807) is 48.7 Å². The van der Waals surface area contributed by atoms with E-state index in [1.165, 1.54) is 27.1 Å². The van der Waals surface area contributed by atoms with Gasteiger partial charge in [-0.1, -0.05) is 38.0 Å². The molecule has 1 aromatic heterocycles. The number of unbranched alkanes of at least 4 members (excludes halogenated alkanes) is 6. The summed E-state index contributed by atoms with van der Waals surface area (Å²) in [6.07, 6.45) is 8.81. The summed E-state index contributed by atoms with van der Waals surface area (Å²) < 4.78 is 32.6. The van der Waals surface area contributed by atoms with Crippen LogP contribution in [0.4, 0.5) is 9.59 Å². The Bertz CT molecular complexity index is 1140. The van der Waals surface area contributed by atoms with Crippen LogP contribution >= 0.6 is 0 Å². The van der Waals surface area contributed by atoms with E-state index in [-0.39, 0.29) is 25.3 Å². The van der Waals surface area contributed by atoms with E-state index in [0.717, 1.165) is 69.7 Å². The average Bonchev–Trinajstić information content (AvgIpc) is 3.10. The molecule has 0 aliphatic heterocycles. The van der Waals surface area contributed by atoms with Gasteiger partial charge in [-0.05, 0) is 69.2 Å². The Kier molecular flexibility index (Phi) is 21.3. The zero-order valence-corrected chi connectivity index (χ0v) is 28.3. The fourth-order valence-corrected chi connectivity index (χ4v) is 4.43. The Morgan fingerprint density at radius 3 is 2.06 bits per heavy atom. The van der Waals surface area contributed by atoms with E-state index in [0.29, 0.717) is 24.6 Å². The molecule has 2 rings (SSSR count). The predicted octanol–water partition coefficient (Wildman–Crippen LogP) is 6.17. The predicted molar refractivity (Wildman–Crippen MR) is 177 cm³/mol. The number of carbonyl (C=O) groups is 3. The molecule has 1 unspecified atom stereocenters. The van der Waals surface area contributed by atoms with Gasteiger partial charge < -0.3 is 33.7 Å². The molecule has 0 fully saturated rings. The summed E-state index contributed by atoms with van der Waals surface area (Å²) in [5.41, 5.74) is 0.692. The number of methoxy groups -OCH3 is 2. The number of nitrogens with one attached hydrogen (secondary N) is 1. The summed E-state index contributed by atoms with van der Waals surface area (Å²) in [6, 6.07) is 11.8. The maximum absolute atomic E-state index is 13.4. The Balaban J connectivity index is 1.63. The lowest BCUT2D eigenvalue weighted by atomic mass is 10.1. The molecule has 1 aromatic carbocycles. The zero-order chi connectivity index (χ0) is 34.0. The summed E-state index contributed by atoms with van der Waals surface area (Å²) in [7, 11) is 2.86. The van der Waals surface area contributed by atoms with Crippen LogP contribution in [0.5, 0.6) is 5.75 Å². The molecule has 0 aliphatic carbocycles. The van der Waals surface area contributed by atoms with Crippen LogP contribution in [0.15, 0.2) is 48.7 Å². The summed E-state index contributed by atoms with van der Waals surface area (Å²) >= 11 is 0. The number of ether oxygens (including phenoxy) is 6. The molecule has 1 heterocycles. The number of para-hydroxylation sites is 1. The highest BCUT2D eigenvalue weighted by atomic mass is 16.6. The second kappa shape index (κ2) is 25.4. The monoisotopic (exact) mass is 659 g/mol. The van der Waals surface area contributed by atoms with Gasteiger partial charge in [-0.25, -0.2) is 14.5 Å². The van der Waals surface area contributed by atoms with Gasteiger partial charge >= 0.3 is 12.2 Å². The van der Waals surface area contributed by atoms with E-state index in [4.69, 9.17) is 28.4 Å². The van der Waals surface area contributed by atoms with E-state index >= 15 is 0 Å². The van der Waals surface area contributed by atoms with Crippen LogP contribution < -0.4 is 10.1 Å². The smallest absolute Gasteiger partial charge is 0.417 e. The first-order valence-corrected chi connectivity index (χ1v) is 16.6. The largest absolute Gasteiger partial charge is 0.496 e. The van der Waals surface area contributed by atoms with Crippen LogP contribution in [-0.4, -0.2) is 94.5 Å². The third kappa shape index (κ3) is 17.1. The lowest BCUT2D eigenvalue weighted by Gasteiger charge is -2.22. The van der Waals surface area contributed by atoms with Crippen LogP contribution in [0.2, 0.25) is 0 Å². The minimum Gasteiger partial charge on any atom is -0.496 e. The molecule has 1 N–H and O–H groups in total. The Labute approximate surface area is 279 Å². The molecule has 262 valence electrons. The maximum atomic E-state index is 13.4. The van der Waals surface area contributed by atoms with Gasteiger partial charge in [-0.2, -0.15) is 0 Å². The highest BCUT2D eigenvalue weighted by Gasteiger charge is 2.28. The van der Waals surface area contributed by atoms with Gasteiger partial charge in [-0.15, -0.1) is 0 Å². The SMILES string of the molecule is CCCCCOCCCCCOCCCCCNC(=O)OCC(COC(=O)N(Cc1ccccn1)C(=O)c1ccccc1OC)OC. The first-order chi connectivity index (χ1) is 23.0. The molecule has 0 aliphatic rings. The van der Waals surface area contributed by atoms with Gasteiger partial charge in [0.1, 0.15) is 25.1 Å². The van der Waals surface area contributed by atoms with Crippen molar-refractivity contribution in [1.82, 2.24) is 15.2 Å². The summed E-state index contributed by atoms with van der Waals surface area (Å²) in [5.74, 6) is -0.289. The van der Waals surface area contributed by atoms with E-state index in [9.17, 15) is 14.4 Å². The van der Waals surface area contributed by atoms with Crippen LogP contribution in [0.25, 0.3) is 0 Å². The standard InChI is InChI=1S/C35H53N3O9/c1-4-5-13-22-44-24-15-7-16-25-45-23-14-6-11-21-37-34(40)46-27-30(42-2)28-47-35(41)38(26-29-17-10-12-20-36-29)33(39)31-18-8-9-19-32(31)43-3/h8-10,12,17-20,30H,4-7,11,13-16,21-28H2,1-3H3,(H,37,40). The fourth-order valence-electron chi connectivity index (χ4n) is 4.43. The normalized spacial score (nSPS) is 11.5. The first-order valence-electron chi connectivity index (χ1n) is 16.6. The topological polar surface area (TPSA) is 135 Å². The lowest BCUT2D eigenvalue weighted by Crippen LogP contribution is -2.39. The summed E-state index contributed by atoms with van der Waals surface area (Å²) in [5, 5.41) is 2.71. The van der Waals surface area contributed by atoms with Gasteiger partial charge in [0, 0.05) is 46.3 Å². The number of imide groups is 1. The number of hydrogen-bond donors (Lipinski definition) is 1. The van der Waals surface area contributed by atoms with Crippen molar-refractivity contribution in [1.29, 1.82) is 0 Å². The van der Waals surface area contributed by atoms with Crippen molar-refractivity contribution in [2.75, 3.05) is 60.4 Å². The molecule has 47 heavy (non-hydrogen) atoms. The number of carbonyl (C=O) groups excluding carboxylic acids is 3. The molecule has 0 spiro atoms. The van der Waals surface area contributed by atoms with Crippen molar-refractivity contribution in [2.24, 2.45) is 0 Å². The molecule has 12 heteroatoms. The number of pyridine rings is 1. The molecule has 12 nitrogen and oxygen atoms in total. The molecular formula is C35H53N3O9. The number of benzene rings is 1. The minimum atomic E-state index is -0.898. The van der Waals surface area contributed by atoms with Gasteiger partial charge in [0.2, 0.25) is 0 Å². The van der Waals surface area contributed by atoms with E-state index < -0.39 is 24.2 Å². The second-order valence-electron chi connectivity index (χ2n) is 10.9. The van der Waals surface area contributed by atoms with Crippen LogP contribution in [-0.2, 0) is 30.2 Å². The number of hydrogen-bond acceptors (Lipinski definition) is 10. The second-order valence-corrected chi connectivity index (χ2v) is 10.9. The number of amides is 3. The zero-order valence-electron chi connectivity index (χ0n) is 28.3. The molecule has 0 saturated heterocycles. The molecule has 1 atom stereocenters. The number of nitrogens with zero attached hydrogens (tertiary/aromatic N) is 2. The Morgan fingerprint density at radius 2 is 1.43 bits per heavy atom. The van der Waals surface area contributed by atoms with Crippen molar-refractivity contribution < 1.29 is 42.8 Å². The van der Waals surface area contributed by atoms with Crippen LogP contribution in [0.3, 0.4) is 0 Å². The molecular weight excluding hydrogens is 606 g/mol. The molecule has 0 bridgehead atoms. The lowest BCUT2D eigenvalue weighted by molar-refractivity contribution is -0.0108. The Morgan fingerprint density at radius 1 is 0.787 bits per heavy atom. The third-order valence-corrected chi connectivity index (χ3v) is 7.18. The average molecular weight is 660 g/mol. The summed E-state index contributed by atoms with van der Waals surface area (Å²) in [4.78, 5) is 43.8. The number of alkyl carbamates (subject to hydrolysis) is 1. The van der Waals surface area contributed by atoms with Crippen molar-refractivity contribution in [3.63, 3.8) is 0 Å². The third-order valence-electron chi connectivity index (χ3n) is 7.18. The van der Waals surface area contributed by atoms with Gasteiger partial charge in [-0.3, -0.25) is 9.78 Å². The number of aromatic nitrogens is 1. The van der Waals surface area contributed by atoms with Gasteiger partial charge in [0.05, 0.1) is 24.9 Å². The van der Waals surface area contributed by atoms with Crippen molar-refractivity contribution >= 4 is 18.1 Å². The van der Waals surface area contributed by atoms with Crippen LogP contribution in [0, 0.1) is 0 Å². The maximum Gasteiger partial charge on any atom is 0.417 e. The van der Waals surface area contributed by atoms with Crippen LogP contribution in [0.1, 0.15) is 80.8 Å². The molecule has 3 amide bonds. The van der Waals surface area contributed by atoms with Crippen molar-refractivity contribution in [3.8, 4) is 5.75 Å². The van der Waals surface area contributed by atoms with Crippen molar-refractivity contribution in [2.45, 2.75) is 77.4 Å². The van der Waals surface area contributed by atoms with Gasteiger partial charge in [0.15, 0.2) is 0 Å². The highest BCUT2D eigenvalue weighted by Crippen LogP contribution is 2.21. The van der Waals surface area contributed by atoms with E-state index in [2.05, 4.69) is 17.2 Å². The highest BCUT2D eigenvalue weighted by molar-refractivity contribution is 6.04. The molecule has 0 radical (unpaired) electrons. The molecule has 2 aromatic rings. The Hall–Kier alpha value is -3.74.